The molecule has 0 heterocycles. The summed E-state index contributed by atoms with van der Waals surface area (Å²) in [6.07, 6.45) is 5.37. The molecule has 168 valence electrons. The Labute approximate surface area is 172 Å². The molecule has 0 aromatic rings. The minimum atomic E-state index is -0.837. The molecular weight excluding hydrogens is 380 g/mol. The fraction of sp³-hybridized carbons (Fsp3) is 0.833. The maximum atomic E-state index is 12.5. The number of guanidine groups is 1. The monoisotopic (exact) mass is 416 g/mol. The molecule has 0 aliphatic heterocycles. The molecule has 0 unspecified atom stereocenters. The zero-order valence-electron chi connectivity index (χ0n) is 17.9. The smallest absolute Gasteiger partial charge is 0.408 e. The lowest BCUT2D eigenvalue weighted by Gasteiger charge is -2.23. The van der Waals surface area contributed by atoms with Crippen LogP contribution in [0.2, 0.25) is 0 Å². The summed E-state index contributed by atoms with van der Waals surface area (Å²) in [6, 6.07) is -0.792. The minimum Gasteiger partial charge on any atom is -0.444 e. The molecule has 0 aliphatic rings. The number of amides is 2. The van der Waals surface area contributed by atoms with Gasteiger partial charge in [-0.25, -0.2) is 14.9 Å². The summed E-state index contributed by atoms with van der Waals surface area (Å²) in [5.74, 6) is -0.743. The van der Waals surface area contributed by atoms with Crippen LogP contribution in [0.15, 0.2) is 0 Å². The van der Waals surface area contributed by atoms with Crippen molar-refractivity contribution in [2.45, 2.75) is 84.3 Å². The van der Waals surface area contributed by atoms with Gasteiger partial charge in [0, 0.05) is 13.1 Å². The van der Waals surface area contributed by atoms with Gasteiger partial charge in [-0.3, -0.25) is 10.2 Å². The van der Waals surface area contributed by atoms with E-state index in [1.165, 1.54) is 6.42 Å². The molecule has 2 amide bonds. The molecule has 0 spiro atoms. The molecule has 0 aromatic heterocycles. The van der Waals surface area contributed by atoms with Crippen LogP contribution in [0.4, 0.5) is 4.79 Å². The highest BCUT2D eigenvalue weighted by molar-refractivity contribution is 5.85. The van der Waals surface area contributed by atoms with Gasteiger partial charge in [0.25, 0.3) is 5.96 Å². The second-order valence-corrected chi connectivity index (χ2v) is 7.72. The van der Waals surface area contributed by atoms with E-state index in [0.29, 0.717) is 19.4 Å². The number of unbranched alkanes of at least 4 members (excludes halogenated alkanes) is 4. The van der Waals surface area contributed by atoms with Crippen LogP contribution < -0.4 is 21.4 Å². The largest absolute Gasteiger partial charge is 0.444 e. The lowest BCUT2D eigenvalue weighted by molar-refractivity contribution is -0.525. The van der Waals surface area contributed by atoms with E-state index in [-0.39, 0.29) is 12.5 Å². The van der Waals surface area contributed by atoms with Gasteiger partial charge < -0.3 is 20.7 Å². The number of nitrogens with zero attached hydrogens (tertiary/aromatic N) is 1. The van der Waals surface area contributed by atoms with Crippen molar-refractivity contribution in [3.8, 4) is 0 Å². The summed E-state index contributed by atoms with van der Waals surface area (Å²) in [6.45, 7) is 8.10. The quantitative estimate of drug-likeness (QED) is 0.101. The van der Waals surface area contributed by atoms with Crippen LogP contribution in [0, 0.1) is 15.5 Å². The Morgan fingerprint density at radius 3 is 2.28 bits per heavy atom. The van der Waals surface area contributed by atoms with E-state index in [4.69, 9.17) is 10.1 Å². The van der Waals surface area contributed by atoms with Crippen molar-refractivity contribution < 1.29 is 19.4 Å². The first-order valence-electron chi connectivity index (χ1n) is 10.1. The van der Waals surface area contributed by atoms with Crippen molar-refractivity contribution in [2.75, 3.05) is 13.1 Å². The van der Waals surface area contributed by atoms with E-state index in [2.05, 4.69) is 22.9 Å². The van der Waals surface area contributed by atoms with Crippen LogP contribution >= 0.6 is 0 Å². The third-order valence-electron chi connectivity index (χ3n) is 3.76. The first-order valence-corrected chi connectivity index (χ1v) is 10.1. The van der Waals surface area contributed by atoms with Gasteiger partial charge in [-0.2, -0.15) is 0 Å². The fourth-order valence-corrected chi connectivity index (χ4v) is 2.43. The number of alkyl carbamates (subject to hydrolysis) is 1. The number of ether oxygens (including phenoxy) is 1. The topological polar surface area (TPSA) is 158 Å². The number of nitrogens with one attached hydrogen (secondary N) is 5. The summed E-state index contributed by atoms with van der Waals surface area (Å²) in [5.41, 5.74) is 1.00. The molecule has 11 nitrogen and oxygen atoms in total. The highest BCUT2D eigenvalue weighted by Gasteiger charge is 2.24. The number of carbonyl (C=O) groups excluding carboxylic acids is 2. The summed E-state index contributed by atoms with van der Waals surface area (Å²) >= 11 is 0. The second-order valence-electron chi connectivity index (χ2n) is 7.72. The van der Waals surface area contributed by atoms with Crippen molar-refractivity contribution >= 4 is 18.0 Å². The molecule has 1 atom stereocenters. The number of hydrogen-bond donors (Lipinski definition) is 5. The van der Waals surface area contributed by atoms with Gasteiger partial charge in [-0.1, -0.05) is 38.0 Å². The Kier molecular flexibility index (Phi) is 13.1. The summed E-state index contributed by atoms with van der Waals surface area (Å²) in [4.78, 5) is 34.8. The fourth-order valence-electron chi connectivity index (χ4n) is 2.43. The van der Waals surface area contributed by atoms with Crippen LogP contribution in [0.25, 0.3) is 0 Å². The Bertz CT molecular complexity index is 535. The Balaban J connectivity index is 4.51. The van der Waals surface area contributed by atoms with E-state index in [9.17, 15) is 19.7 Å². The number of hydrazine groups is 1. The zero-order valence-corrected chi connectivity index (χ0v) is 17.9. The number of carbonyl (C=O) groups is 2. The molecular formula is C18H36N6O5. The van der Waals surface area contributed by atoms with Gasteiger partial charge in [-0.15, -0.1) is 0 Å². The van der Waals surface area contributed by atoms with Crippen LogP contribution in [-0.4, -0.2) is 47.7 Å². The van der Waals surface area contributed by atoms with E-state index in [1.54, 1.807) is 26.2 Å². The van der Waals surface area contributed by atoms with E-state index < -0.39 is 28.7 Å². The normalized spacial score (nSPS) is 11.9. The Morgan fingerprint density at radius 2 is 1.69 bits per heavy atom. The third kappa shape index (κ3) is 16.1. The van der Waals surface area contributed by atoms with Gasteiger partial charge in [-0.05, 0) is 40.0 Å². The van der Waals surface area contributed by atoms with E-state index >= 15 is 0 Å². The first kappa shape index (κ1) is 26.4. The van der Waals surface area contributed by atoms with Crippen molar-refractivity contribution in [1.29, 1.82) is 5.41 Å². The molecule has 0 bridgehead atoms. The van der Waals surface area contributed by atoms with Gasteiger partial charge in [0.1, 0.15) is 11.6 Å². The first-order chi connectivity index (χ1) is 13.5. The predicted molar refractivity (Wildman–Crippen MR) is 110 cm³/mol. The summed E-state index contributed by atoms with van der Waals surface area (Å²) in [5, 5.41) is 24.7. The van der Waals surface area contributed by atoms with Crippen molar-refractivity contribution in [3.63, 3.8) is 0 Å². The van der Waals surface area contributed by atoms with E-state index in [1.807, 2.05) is 0 Å². The molecule has 11 heteroatoms. The number of nitro groups is 1. The van der Waals surface area contributed by atoms with Crippen molar-refractivity contribution in [1.82, 2.24) is 21.4 Å². The summed E-state index contributed by atoms with van der Waals surface area (Å²) in [7, 11) is 0. The SMILES string of the molecule is CCCCCCCNC(=O)[C@H](CCCNC(=N)N[N+](=O)[O-])NC(=O)OC(C)(C)C. The van der Waals surface area contributed by atoms with Crippen molar-refractivity contribution in [2.24, 2.45) is 0 Å². The molecule has 29 heavy (non-hydrogen) atoms. The molecule has 0 aromatic carbocycles. The molecule has 0 rings (SSSR count). The lowest BCUT2D eigenvalue weighted by Crippen LogP contribution is -2.48. The van der Waals surface area contributed by atoms with E-state index in [0.717, 1.165) is 25.7 Å². The summed E-state index contributed by atoms with van der Waals surface area (Å²) < 4.78 is 5.21. The molecule has 0 saturated heterocycles. The molecule has 0 fully saturated rings. The maximum absolute atomic E-state index is 12.5. The van der Waals surface area contributed by atoms with Crippen molar-refractivity contribution in [3.05, 3.63) is 10.1 Å². The van der Waals surface area contributed by atoms with Gasteiger partial charge >= 0.3 is 6.09 Å². The lowest BCUT2D eigenvalue weighted by atomic mass is 10.1. The molecule has 5 N–H and O–H groups in total. The number of rotatable bonds is 13. The molecule has 0 saturated carbocycles. The van der Waals surface area contributed by atoms with Crippen LogP contribution in [-0.2, 0) is 9.53 Å². The van der Waals surface area contributed by atoms with Crippen LogP contribution in [0.5, 0.6) is 0 Å². The average molecular weight is 417 g/mol. The highest BCUT2D eigenvalue weighted by Crippen LogP contribution is 2.08. The van der Waals surface area contributed by atoms with Crippen LogP contribution in [0.1, 0.15) is 72.6 Å². The predicted octanol–water partition coefficient (Wildman–Crippen LogP) is 2.05. The average Bonchev–Trinajstić information content (AvgIpc) is 2.58. The van der Waals surface area contributed by atoms with Crippen LogP contribution in [0.3, 0.4) is 0 Å². The van der Waals surface area contributed by atoms with Gasteiger partial charge in [0.15, 0.2) is 5.03 Å². The Hall–Kier alpha value is -2.59. The maximum Gasteiger partial charge on any atom is 0.408 e. The third-order valence-corrected chi connectivity index (χ3v) is 3.76. The zero-order chi connectivity index (χ0) is 22.3. The standard InChI is InChI=1S/C18H36N6O5/c1-5-6-7-8-9-12-20-15(25)14(22-17(26)29-18(2,3)4)11-10-13-21-16(19)23-24(27)28/h14H,5-13H2,1-4H3,(H,20,25)(H,22,26)(H3,19,21,23)/t14-/m0/s1. The number of hydrogen-bond acceptors (Lipinski definition) is 6. The van der Waals surface area contributed by atoms with Gasteiger partial charge in [0.2, 0.25) is 5.91 Å². The Morgan fingerprint density at radius 1 is 1.07 bits per heavy atom. The molecule has 0 aliphatic carbocycles. The second kappa shape index (κ2) is 14.4. The van der Waals surface area contributed by atoms with Gasteiger partial charge in [0.05, 0.1) is 0 Å². The highest BCUT2D eigenvalue weighted by atomic mass is 16.7. The molecule has 0 radical (unpaired) electrons. The minimum absolute atomic E-state index is 0.233.